The highest BCUT2D eigenvalue weighted by Gasteiger charge is 2.26. The first-order chi connectivity index (χ1) is 10.5. The van der Waals surface area contributed by atoms with E-state index in [1.165, 1.54) is 5.56 Å². The minimum absolute atomic E-state index is 0.0370. The Morgan fingerprint density at radius 3 is 3.00 bits per heavy atom. The Kier molecular flexibility index (Phi) is 3.84. The quantitative estimate of drug-likeness (QED) is 0.945. The van der Waals surface area contributed by atoms with E-state index in [-0.39, 0.29) is 11.5 Å². The number of benzene rings is 1. The van der Waals surface area contributed by atoms with Crippen molar-refractivity contribution < 1.29 is 9.53 Å². The van der Waals surface area contributed by atoms with E-state index in [4.69, 9.17) is 4.74 Å². The van der Waals surface area contributed by atoms with Crippen LogP contribution in [0.5, 0.6) is 5.75 Å². The average molecular weight is 296 g/mol. The number of fused-ring (bicyclic) bond motifs is 1. The number of anilines is 1. The van der Waals surface area contributed by atoms with E-state index >= 15 is 0 Å². The van der Waals surface area contributed by atoms with E-state index in [2.05, 4.69) is 30.2 Å². The molecule has 0 radical (unpaired) electrons. The highest BCUT2D eigenvalue weighted by Crippen LogP contribution is 2.33. The number of rotatable bonds is 3. The Bertz CT molecular complexity index is 681. The lowest BCUT2D eigenvalue weighted by molar-refractivity contribution is -0.115. The number of hydrogen-bond donors (Lipinski definition) is 1. The van der Waals surface area contributed by atoms with Crippen molar-refractivity contribution in [2.24, 2.45) is 0 Å². The molecular formula is C18H20N2O2. The Labute approximate surface area is 130 Å². The molecule has 1 aliphatic rings. The van der Waals surface area contributed by atoms with Crippen LogP contribution in [-0.2, 0) is 17.6 Å². The molecule has 0 fully saturated rings. The number of pyridine rings is 1. The number of amides is 1. The lowest BCUT2D eigenvalue weighted by Gasteiger charge is -2.32. The third-order valence-corrected chi connectivity index (χ3v) is 3.82. The number of aromatic nitrogens is 1. The molecule has 4 nitrogen and oxygen atoms in total. The third-order valence-electron chi connectivity index (χ3n) is 3.82. The van der Waals surface area contributed by atoms with Crippen LogP contribution in [-0.4, -0.2) is 16.5 Å². The zero-order chi connectivity index (χ0) is 15.6. The maximum Gasteiger partial charge on any atom is 0.228 e. The van der Waals surface area contributed by atoms with Crippen LogP contribution in [0.1, 0.15) is 31.4 Å². The Balaban J connectivity index is 1.68. The minimum Gasteiger partial charge on any atom is -0.488 e. The summed E-state index contributed by atoms with van der Waals surface area (Å²) < 4.78 is 5.97. The summed E-state index contributed by atoms with van der Waals surface area (Å²) in [4.78, 5) is 16.1. The summed E-state index contributed by atoms with van der Waals surface area (Å²) >= 11 is 0. The van der Waals surface area contributed by atoms with Gasteiger partial charge in [0.2, 0.25) is 5.91 Å². The number of ether oxygens (including phenoxy) is 1. The summed E-state index contributed by atoms with van der Waals surface area (Å²) in [6.45, 7) is 4.20. The summed E-state index contributed by atoms with van der Waals surface area (Å²) in [5, 5.41) is 2.85. The standard InChI is InChI=1S/C18H20N2O2/c1-18(2)8-7-14-10-13(5-6-16(14)22-18)11-17(21)20-15-4-3-9-19-12-15/h3-6,9-10,12H,7-8,11H2,1-2H3,(H,20,21). The number of nitrogens with one attached hydrogen (secondary N) is 1. The molecule has 1 N–H and O–H groups in total. The van der Waals surface area contributed by atoms with Crippen molar-refractivity contribution >= 4 is 11.6 Å². The lowest BCUT2D eigenvalue weighted by atomic mass is 9.93. The van der Waals surface area contributed by atoms with Gasteiger partial charge in [0, 0.05) is 6.20 Å². The molecule has 1 aromatic carbocycles. The molecule has 0 aliphatic carbocycles. The summed E-state index contributed by atoms with van der Waals surface area (Å²) in [7, 11) is 0. The van der Waals surface area contributed by atoms with Crippen LogP contribution in [0.3, 0.4) is 0 Å². The Hall–Kier alpha value is -2.36. The largest absolute Gasteiger partial charge is 0.488 e. The first-order valence-electron chi connectivity index (χ1n) is 7.53. The zero-order valence-corrected chi connectivity index (χ0v) is 12.9. The van der Waals surface area contributed by atoms with Gasteiger partial charge in [-0.3, -0.25) is 9.78 Å². The second kappa shape index (κ2) is 5.79. The van der Waals surface area contributed by atoms with Crippen molar-refractivity contribution in [3.05, 3.63) is 53.9 Å². The van der Waals surface area contributed by atoms with Gasteiger partial charge in [-0.25, -0.2) is 0 Å². The van der Waals surface area contributed by atoms with Crippen LogP contribution in [0.15, 0.2) is 42.7 Å². The van der Waals surface area contributed by atoms with Crippen LogP contribution < -0.4 is 10.1 Å². The molecule has 1 amide bonds. The third kappa shape index (κ3) is 3.45. The van der Waals surface area contributed by atoms with E-state index in [1.807, 2.05) is 18.2 Å². The molecule has 2 heterocycles. The number of aryl methyl sites for hydroxylation is 1. The maximum absolute atomic E-state index is 12.1. The van der Waals surface area contributed by atoms with Crippen molar-refractivity contribution in [1.29, 1.82) is 0 Å². The topological polar surface area (TPSA) is 51.2 Å². The van der Waals surface area contributed by atoms with Crippen LogP contribution in [0.4, 0.5) is 5.69 Å². The molecule has 1 aromatic heterocycles. The predicted molar refractivity (Wildman–Crippen MR) is 86.0 cm³/mol. The van der Waals surface area contributed by atoms with E-state index < -0.39 is 0 Å². The van der Waals surface area contributed by atoms with Gasteiger partial charge in [-0.15, -0.1) is 0 Å². The SMILES string of the molecule is CC1(C)CCc2cc(CC(=O)Nc3cccnc3)ccc2O1. The molecule has 0 bridgehead atoms. The minimum atomic E-state index is -0.105. The highest BCUT2D eigenvalue weighted by molar-refractivity contribution is 5.92. The van der Waals surface area contributed by atoms with E-state index in [0.29, 0.717) is 6.42 Å². The second-order valence-corrected chi connectivity index (χ2v) is 6.27. The van der Waals surface area contributed by atoms with Gasteiger partial charge in [-0.05, 0) is 56.0 Å². The second-order valence-electron chi connectivity index (χ2n) is 6.27. The van der Waals surface area contributed by atoms with Crippen molar-refractivity contribution in [1.82, 2.24) is 4.98 Å². The molecule has 114 valence electrons. The normalized spacial score (nSPS) is 15.5. The summed E-state index contributed by atoms with van der Waals surface area (Å²) in [6, 6.07) is 9.64. The van der Waals surface area contributed by atoms with Crippen LogP contribution in [0.25, 0.3) is 0 Å². The number of carbonyl (C=O) groups excluding carboxylic acids is 1. The van der Waals surface area contributed by atoms with Gasteiger partial charge in [-0.2, -0.15) is 0 Å². The van der Waals surface area contributed by atoms with Gasteiger partial charge in [0.25, 0.3) is 0 Å². The van der Waals surface area contributed by atoms with Gasteiger partial charge in [0.05, 0.1) is 18.3 Å². The molecule has 0 atom stereocenters. The molecular weight excluding hydrogens is 276 g/mol. The Morgan fingerprint density at radius 2 is 2.23 bits per heavy atom. The monoisotopic (exact) mass is 296 g/mol. The molecule has 3 rings (SSSR count). The summed E-state index contributed by atoms with van der Waals surface area (Å²) in [5.74, 6) is 0.901. The molecule has 0 saturated heterocycles. The van der Waals surface area contributed by atoms with Gasteiger partial charge in [0.15, 0.2) is 0 Å². The maximum atomic E-state index is 12.1. The van der Waals surface area contributed by atoms with Crippen molar-refractivity contribution in [2.45, 2.75) is 38.7 Å². The number of nitrogens with zero attached hydrogens (tertiary/aromatic N) is 1. The average Bonchev–Trinajstić information content (AvgIpc) is 2.48. The number of hydrogen-bond acceptors (Lipinski definition) is 3. The molecule has 0 unspecified atom stereocenters. The molecule has 0 spiro atoms. The fraction of sp³-hybridized carbons (Fsp3) is 0.333. The van der Waals surface area contributed by atoms with Crippen molar-refractivity contribution in [3.8, 4) is 5.75 Å². The van der Waals surface area contributed by atoms with Gasteiger partial charge in [-0.1, -0.05) is 12.1 Å². The fourth-order valence-corrected chi connectivity index (χ4v) is 2.65. The first kappa shape index (κ1) is 14.6. The van der Waals surface area contributed by atoms with E-state index in [9.17, 15) is 4.79 Å². The Morgan fingerprint density at radius 1 is 1.36 bits per heavy atom. The molecule has 1 aliphatic heterocycles. The van der Waals surface area contributed by atoms with E-state index in [0.717, 1.165) is 29.8 Å². The first-order valence-corrected chi connectivity index (χ1v) is 7.53. The molecule has 0 saturated carbocycles. The van der Waals surface area contributed by atoms with Crippen molar-refractivity contribution in [3.63, 3.8) is 0 Å². The van der Waals surface area contributed by atoms with Crippen LogP contribution >= 0.6 is 0 Å². The number of carbonyl (C=O) groups is 1. The fourth-order valence-electron chi connectivity index (χ4n) is 2.65. The van der Waals surface area contributed by atoms with E-state index in [1.54, 1.807) is 18.5 Å². The zero-order valence-electron chi connectivity index (χ0n) is 12.9. The predicted octanol–water partition coefficient (Wildman–Crippen LogP) is 3.37. The van der Waals surface area contributed by atoms with Gasteiger partial charge < -0.3 is 10.1 Å². The molecule has 4 heteroatoms. The van der Waals surface area contributed by atoms with Gasteiger partial charge in [0.1, 0.15) is 11.4 Å². The molecule has 2 aromatic rings. The highest BCUT2D eigenvalue weighted by atomic mass is 16.5. The van der Waals surface area contributed by atoms with Gasteiger partial charge >= 0.3 is 0 Å². The molecule has 22 heavy (non-hydrogen) atoms. The smallest absolute Gasteiger partial charge is 0.228 e. The summed E-state index contributed by atoms with van der Waals surface area (Å²) in [5.41, 5.74) is 2.80. The lowest BCUT2D eigenvalue weighted by Crippen LogP contribution is -2.32. The summed E-state index contributed by atoms with van der Waals surface area (Å²) in [6.07, 6.45) is 5.65. The van der Waals surface area contributed by atoms with Crippen molar-refractivity contribution in [2.75, 3.05) is 5.32 Å². The van der Waals surface area contributed by atoms with Crippen LogP contribution in [0, 0.1) is 0 Å². The van der Waals surface area contributed by atoms with Crippen LogP contribution in [0.2, 0.25) is 0 Å².